The van der Waals surface area contributed by atoms with Crippen molar-refractivity contribution >= 4 is 17.1 Å². The predicted molar refractivity (Wildman–Crippen MR) is 64.4 cm³/mol. The lowest BCUT2D eigenvalue weighted by atomic mass is 10.1. The fourth-order valence-corrected chi connectivity index (χ4v) is 1.65. The second kappa shape index (κ2) is 5.31. The minimum atomic E-state index is 0.435. The summed E-state index contributed by atoms with van der Waals surface area (Å²) in [7, 11) is 0. The molecule has 0 bridgehead atoms. The van der Waals surface area contributed by atoms with Crippen LogP contribution in [-0.2, 0) is 4.79 Å². The lowest BCUT2D eigenvalue weighted by Gasteiger charge is -2.08. The molecule has 0 unspecified atom stereocenters. The van der Waals surface area contributed by atoms with Crippen LogP contribution in [0.15, 0.2) is 42.5 Å². The van der Waals surface area contributed by atoms with Crippen LogP contribution in [0, 0.1) is 0 Å². The fourth-order valence-electron chi connectivity index (χ4n) is 1.65. The van der Waals surface area contributed by atoms with Crippen molar-refractivity contribution in [2.24, 2.45) is 0 Å². The van der Waals surface area contributed by atoms with Crippen molar-refractivity contribution in [3.63, 3.8) is 0 Å². The summed E-state index contributed by atoms with van der Waals surface area (Å²) in [5.74, 6) is 0.879. The summed E-state index contributed by atoms with van der Waals surface area (Å²) in [6.07, 6.45) is 3.01. The topological polar surface area (TPSA) is 26.3 Å². The normalized spacial score (nSPS) is 10.2. The Morgan fingerprint density at radius 1 is 1.06 bits per heavy atom. The zero-order valence-corrected chi connectivity index (χ0v) is 8.98. The average Bonchev–Trinajstić information content (AvgIpc) is 2.35. The van der Waals surface area contributed by atoms with Crippen molar-refractivity contribution in [1.82, 2.24) is 0 Å². The standard InChI is InChI=1S/C14H13O2/c15-10-3-4-11-16-14-9-5-7-12-6-1-2-8-13(12)14/h1-2,5-9H,3-4,11H2. The number of hydrogen-bond donors (Lipinski definition) is 0. The molecule has 0 aromatic heterocycles. The van der Waals surface area contributed by atoms with Gasteiger partial charge in [-0.2, -0.15) is 0 Å². The van der Waals surface area contributed by atoms with Crippen LogP contribution in [0.5, 0.6) is 5.75 Å². The van der Waals surface area contributed by atoms with Gasteiger partial charge < -0.3 is 4.74 Å². The number of benzene rings is 2. The Labute approximate surface area is 94.8 Å². The van der Waals surface area contributed by atoms with Crippen LogP contribution in [0.25, 0.3) is 10.8 Å². The third-order valence-corrected chi connectivity index (χ3v) is 2.43. The smallest absolute Gasteiger partial charge is 0.198 e. The number of carbonyl (C=O) groups excluding carboxylic acids is 1. The first-order valence-electron chi connectivity index (χ1n) is 5.37. The van der Waals surface area contributed by atoms with E-state index in [1.54, 1.807) is 0 Å². The number of ether oxygens (including phenoxy) is 1. The lowest BCUT2D eigenvalue weighted by Crippen LogP contribution is -1.97. The van der Waals surface area contributed by atoms with E-state index >= 15 is 0 Å². The van der Waals surface area contributed by atoms with Crippen LogP contribution in [0.1, 0.15) is 12.8 Å². The molecule has 0 aliphatic rings. The molecule has 16 heavy (non-hydrogen) atoms. The molecule has 1 radical (unpaired) electrons. The third-order valence-electron chi connectivity index (χ3n) is 2.43. The van der Waals surface area contributed by atoms with Gasteiger partial charge in [0.05, 0.1) is 6.61 Å². The Bertz CT molecular complexity index is 472. The van der Waals surface area contributed by atoms with Crippen LogP contribution in [0.3, 0.4) is 0 Å². The summed E-state index contributed by atoms with van der Waals surface area (Å²) in [6.45, 7) is 0.559. The monoisotopic (exact) mass is 213 g/mol. The molecule has 0 saturated carbocycles. The number of hydrogen-bond acceptors (Lipinski definition) is 2. The number of rotatable bonds is 5. The second-order valence-corrected chi connectivity index (χ2v) is 3.57. The lowest BCUT2D eigenvalue weighted by molar-refractivity contribution is 0.316. The molecule has 0 fully saturated rings. The van der Waals surface area contributed by atoms with Gasteiger partial charge in [0.15, 0.2) is 6.29 Å². The fraction of sp³-hybridized carbons (Fsp3) is 0.214. The molecule has 0 aliphatic heterocycles. The van der Waals surface area contributed by atoms with Gasteiger partial charge in [-0.05, 0) is 17.9 Å². The first-order valence-corrected chi connectivity index (χ1v) is 5.37. The average molecular weight is 213 g/mol. The van der Waals surface area contributed by atoms with Gasteiger partial charge in [-0.25, -0.2) is 0 Å². The Hall–Kier alpha value is -1.83. The van der Waals surface area contributed by atoms with Crippen molar-refractivity contribution in [1.29, 1.82) is 0 Å². The van der Waals surface area contributed by atoms with E-state index < -0.39 is 0 Å². The summed E-state index contributed by atoms with van der Waals surface area (Å²) in [5, 5.41) is 2.28. The van der Waals surface area contributed by atoms with Gasteiger partial charge in [-0.1, -0.05) is 36.4 Å². The van der Waals surface area contributed by atoms with E-state index in [0.717, 1.165) is 11.1 Å². The SMILES string of the molecule is O=[C]CCCOc1cccc2ccccc12. The molecule has 0 saturated heterocycles. The zero-order chi connectivity index (χ0) is 11.2. The molecule has 2 heteroatoms. The molecule has 2 aromatic rings. The molecule has 0 spiro atoms. The predicted octanol–water partition coefficient (Wildman–Crippen LogP) is 3.11. The van der Waals surface area contributed by atoms with Gasteiger partial charge in [0.25, 0.3) is 0 Å². The first-order chi connectivity index (χ1) is 7.92. The highest BCUT2D eigenvalue weighted by Gasteiger charge is 2.00. The molecule has 0 atom stereocenters. The molecule has 0 heterocycles. The van der Waals surface area contributed by atoms with E-state index in [4.69, 9.17) is 4.74 Å². The summed E-state index contributed by atoms with van der Waals surface area (Å²) < 4.78 is 5.64. The van der Waals surface area contributed by atoms with Crippen LogP contribution < -0.4 is 4.74 Å². The van der Waals surface area contributed by atoms with Crippen LogP contribution in [0.4, 0.5) is 0 Å². The van der Waals surface area contributed by atoms with Crippen LogP contribution in [-0.4, -0.2) is 12.9 Å². The summed E-state index contributed by atoms with van der Waals surface area (Å²) in [6, 6.07) is 14.1. The highest BCUT2D eigenvalue weighted by Crippen LogP contribution is 2.25. The van der Waals surface area contributed by atoms with Crippen molar-refractivity contribution < 1.29 is 9.53 Å². The first kappa shape index (κ1) is 10.7. The molecule has 2 aromatic carbocycles. The van der Waals surface area contributed by atoms with Crippen LogP contribution >= 0.6 is 0 Å². The highest BCUT2D eigenvalue weighted by atomic mass is 16.5. The molecular weight excluding hydrogens is 200 g/mol. The van der Waals surface area contributed by atoms with E-state index in [1.807, 2.05) is 36.6 Å². The van der Waals surface area contributed by atoms with Gasteiger partial charge in [0.1, 0.15) is 5.75 Å². The van der Waals surface area contributed by atoms with E-state index in [1.165, 1.54) is 5.39 Å². The largest absolute Gasteiger partial charge is 0.493 e. The van der Waals surface area contributed by atoms with Crippen molar-refractivity contribution in [3.05, 3.63) is 42.5 Å². The Balaban J connectivity index is 2.14. The molecule has 0 N–H and O–H groups in total. The Morgan fingerprint density at radius 2 is 1.88 bits per heavy atom. The van der Waals surface area contributed by atoms with E-state index in [2.05, 4.69) is 12.1 Å². The van der Waals surface area contributed by atoms with Gasteiger partial charge >= 0.3 is 0 Å². The molecule has 2 rings (SSSR count). The van der Waals surface area contributed by atoms with Gasteiger partial charge in [0, 0.05) is 11.8 Å². The molecule has 2 nitrogen and oxygen atoms in total. The molecule has 0 amide bonds. The zero-order valence-electron chi connectivity index (χ0n) is 8.98. The van der Waals surface area contributed by atoms with E-state index in [-0.39, 0.29) is 0 Å². The van der Waals surface area contributed by atoms with Crippen molar-refractivity contribution in [3.8, 4) is 5.75 Å². The molecular formula is C14H13O2. The molecule has 0 aliphatic carbocycles. The Morgan fingerprint density at radius 3 is 2.75 bits per heavy atom. The van der Waals surface area contributed by atoms with Gasteiger partial charge in [-0.3, -0.25) is 4.79 Å². The van der Waals surface area contributed by atoms with Crippen molar-refractivity contribution in [2.75, 3.05) is 6.61 Å². The summed E-state index contributed by atoms with van der Waals surface area (Å²) in [4.78, 5) is 10.0. The van der Waals surface area contributed by atoms with E-state index in [0.29, 0.717) is 19.4 Å². The third kappa shape index (κ3) is 2.40. The van der Waals surface area contributed by atoms with Gasteiger partial charge in [0.2, 0.25) is 0 Å². The highest BCUT2D eigenvalue weighted by molar-refractivity contribution is 5.88. The summed E-state index contributed by atoms with van der Waals surface area (Å²) >= 11 is 0. The number of unbranched alkanes of at least 4 members (excludes halogenated alkanes) is 1. The Kier molecular flexibility index (Phi) is 3.54. The number of fused-ring (bicyclic) bond motifs is 1. The van der Waals surface area contributed by atoms with E-state index in [9.17, 15) is 4.79 Å². The minimum absolute atomic E-state index is 0.435. The van der Waals surface area contributed by atoms with Gasteiger partial charge in [-0.15, -0.1) is 0 Å². The molecule has 81 valence electrons. The maximum absolute atomic E-state index is 10.0. The second-order valence-electron chi connectivity index (χ2n) is 3.57. The maximum atomic E-state index is 10.0. The summed E-state index contributed by atoms with van der Waals surface area (Å²) in [5.41, 5.74) is 0. The van der Waals surface area contributed by atoms with Crippen LogP contribution in [0.2, 0.25) is 0 Å². The maximum Gasteiger partial charge on any atom is 0.198 e. The quantitative estimate of drug-likeness (QED) is 0.713. The van der Waals surface area contributed by atoms with Crippen molar-refractivity contribution in [2.45, 2.75) is 12.8 Å². The minimum Gasteiger partial charge on any atom is -0.493 e.